The van der Waals surface area contributed by atoms with Crippen LogP contribution in [-0.2, 0) is 13.6 Å². The molecule has 0 fully saturated rings. The van der Waals surface area contributed by atoms with Gasteiger partial charge in [-0.3, -0.25) is 0 Å². The standard InChI is InChI=1S/C9H23NO3Si/c1-4-11-8-7-10-9-14(12-5-2)13-6-3/h10,14H,4-9H2,1-3H3. The zero-order valence-corrected chi connectivity index (χ0v) is 10.7. The highest BCUT2D eigenvalue weighted by Crippen LogP contribution is 1.87. The van der Waals surface area contributed by atoms with E-state index in [1.165, 1.54) is 0 Å². The summed E-state index contributed by atoms with van der Waals surface area (Å²) >= 11 is 0. The van der Waals surface area contributed by atoms with Crippen molar-refractivity contribution < 1.29 is 13.6 Å². The first-order chi connectivity index (χ1) is 6.85. The molecule has 0 amide bonds. The average molecular weight is 221 g/mol. The fraction of sp³-hybridized carbons (Fsp3) is 1.00. The average Bonchev–Trinajstić information content (AvgIpc) is 2.18. The van der Waals surface area contributed by atoms with Crippen LogP contribution in [0.1, 0.15) is 20.8 Å². The van der Waals surface area contributed by atoms with E-state index in [2.05, 4.69) is 5.32 Å². The van der Waals surface area contributed by atoms with Gasteiger partial charge in [0.2, 0.25) is 0 Å². The Morgan fingerprint density at radius 2 is 1.64 bits per heavy atom. The monoisotopic (exact) mass is 221 g/mol. The number of hydrogen-bond donors (Lipinski definition) is 1. The van der Waals surface area contributed by atoms with Crippen LogP contribution < -0.4 is 5.32 Å². The summed E-state index contributed by atoms with van der Waals surface area (Å²) in [5.74, 6) is 0. The molecule has 0 aliphatic heterocycles. The molecule has 14 heavy (non-hydrogen) atoms. The molecule has 0 rings (SSSR count). The van der Waals surface area contributed by atoms with Crippen LogP contribution in [0.25, 0.3) is 0 Å². The van der Waals surface area contributed by atoms with Crippen LogP contribution in [0.4, 0.5) is 0 Å². The molecule has 0 heterocycles. The van der Waals surface area contributed by atoms with Gasteiger partial charge in [0.05, 0.1) is 6.61 Å². The van der Waals surface area contributed by atoms with Crippen LogP contribution in [0, 0.1) is 0 Å². The molecule has 0 aromatic heterocycles. The van der Waals surface area contributed by atoms with Gasteiger partial charge in [-0.15, -0.1) is 0 Å². The van der Waals surface area contributed by atoms with Crippen LogP contribution in [0.3, 0.4) is 0 Å². The van der Waals surface area contributed by atoms with Gasteiger partial charge in [-0.25, -0.2) is 0 Å². The van der Waals surface area contributed by atoms with E-state index in [9.17, 15) is 0 Å². The fourth-order valence-corrected chi connectivity index (χ4v) is 2.56. The van der Waals surface area contributed by atoms with Gasteiger partial charge in [-0.05, 0) is 20.8 Å². The number of ether oxygens (including phenoxy) is 1. The summed E-state index contributed by atoms with van der Waals surface area (Å²) in [4.78, 5) is 0. The number of hydrogen-bond acceptors (Lipinski definition) is 4. The SMILES string of the molecule is CCOCCNC[SiH](OCC)OCC. The van der Waals surface area contributed by atoms with Crippen LogP contribution >= 0.6 is 0 Å². The summed E-state index contributed by atoms with van der Waals surface area (Å²) in [5, 5.41) is 3.28. The molecule has 0 atom stereocenters. The van der Waals surface area contributed by atoms with Gasteiger partial charge in [0.25, 0.3) is 0 Å². The first-order valence-electron chi connectivity index (χ1n) is 5.36. The third-order valence-electron chi connectivity index (χ3n) is 1.64. The van der Waals surface area contributed by atoms with E-state index < -0.39 is 9.28 Å². The lowest BCUT2D eigenvalue weighted by molar-refractivity contribution is 0.149. The van der Waals surface area contributed by atoms with E-state index in [0.29, 0.717) is 0 Å². The highest BCUT2D eigenvalue weighted by atomic mass is 28.3. The molecule has 0 bridgehead atoms. The second kappa shape index (κ2) is 11.1. The fourth-order valence-electron chi connectivity index (χ4n) is 1.05. The summed E-state index contributed by atoms with van der Waals surface area (Å²) in [7, 11) is -1.45. The van der Waals surface area contributed by atoms with E-state index in [-0.39, 0.29) is 0 Å². The van der Waals surface area contributed by atoms with Crippen molar-refractivity contribution in [1.29, 1.82) is 0 Å². The van der Waals surface area contributed by atoms with Crippen molar-refractivity contribution in [1.82, 2.24) is 5.32 Å². The first-order valence-corrected chi connectivity index (χ1v) is 7.12. The van der Waals surface area contributed by atoms with Crippen LogP contribution in [0.2, 0.25) is 0 Å². The third kappa shape index (κ3) is 8.65. The van der Waals surface area contributed by atoms with Crippen molar-refractivity contribution in [2.45, 2.75) is 20.8 Å². The molecule has 0 aliphatic carbocycles. The largest absolute Gasteiger partial charge is 0.396 e. The van der Waals surface area contributed by atoms with Crippen LogP contribution in [-0.4, -0.2) is 48.4 Å². The van der Waals surface area contributed by atoms with Crippen molar-refractivity contribution in [2.24, 2.45) is 0 Å². The van der Waals surface area contributed by atoms with Gasteiger partial charge < -0.3 is 18.9 Å². The maximum absolute atomic E-state index is 5.50. The zero-order chi connectivity index (χ0) is 10.6. The number of nitrogens with one attached hydrogen (secondary N) is 1. The molecular formula is C9H23NO3Si. The summed E-state index contributed by atoms with van der Waals surface area (Å²) in [5.41, 5.74) is 0. The highest BCUT2D eigenvalue weighted by molar-refractivity contribution is 6.44. The Labute approximate surface area is 88.8 Å². The Hall–Kier alpha value is 0.0569. The van der Waals surface area contributed by atoms with Gasteiger partial charge in [0.15, 0.2) is 0 Å². The molecule has 0 saturated carbocycles. The predicted octanol–water partition coefficient (Wildman–Crippen LogP) is 0.445. The second-order valence-electron chi connectivity index (χ2n) is 2.74. The summed E-state index contributed by atoms with van der Waals surface area (Å²) in [6.07, 6.45) is 0.856. The van der Waals surface area contributed by atoms with Crippen molar-refractivity contribution in [3.63, 3.8) is 0 Å². The zero-order valence-electron chi connectivity index (χ0n) is 9.54. The Kier molecular flexibility index (Phi) is 11.2. The summed E-state index contributed by atoms with van der Waals surface area (Å²) < 4.78 is 16.2. The number of rotatable bonds is 10. The molecule has 0 unspecified atom stereocenters. The minimum Gasteiger partial charge on any atom is -0.396 e. The minimum atomic E-state index is -1.45. The molecule has 5 heteroatoms. The normalized spacial score (nSPS) is 11.1. The maximum Gasteiger partial charge on any atom is 0.335 e. The van der Waals surface area contributed by atoms with Gasteiger partial charge in [-0.1, -0.05) is 0 Å². The molecule has 0 saturated heterocycles. The molecule has 1 N–H and O–H groups in total. The predicted molar refractivity (Wildman–Crippen MR) is 59.8 cm³/mol. The molecule has 0 aromatic carbocycles. The maximum atomic E-state index is 5.50. The van der Waals surface area contributed by atoms with Crippen molar-refractivity contribution >= 4 is 9.28 Å². The lowest BCUT2D eigenvalue weighted by Gasteiger charge is -2.15. The quantitative estimate of drug-likeness (QED) is 0.429. The van der Waals surface area contributed by atoms with Gasteiger partial charge in [0, 0.05) is 32.5 Å². The lowest BCUT2D eigenvalue weighted by Crippen LogP contribution is -2.37. The molecule has 0 spiro atoms. The van der Waals surface area contributed by atoms with Crippen molar-refractivity contribution in [3.05, 3.63) is 0 Å². The molecular weight excluding hydrogens is 198 g/mol. The second-order valence-corrected chi connectivity index (χ2v) is 4.68. The van der Waals surface area contributed by atoms with Gasteiger partial charge >= 0.3 is 9.28 Å². The third-order valence-corrected chi connectivity index (χ3v) is 3.68. The van der Waals surface area contributed by atoms with Gasteiger partial charge in [-0.2, -0.15) is 0 Å². The van der Waals surface area contributed by atoms with Crippen LogP contribution in [0.5, 0.6) is 0 Å². The lowest BCUT2D eigenvalue weighted by atomic mass is 10.7. The van der Waals surface area contributed by atoms with Crippen molar-refractivity contribution in [2.75, 3.05) is 39.1 Å². The molecule has 0 aromatic rings. The Balaban J connectivity index is 3.30. The summed E-state index contributed by atoms with van der Waals surface area (Å²) in [6.45, 7) is 9.89. The Bertz CT molecular complexity index is 110. The van der Waals surface area contributed by atoms with E-state index in [1.807, 2.05) is 20.8 Å². The Morgan fingerprint density at radius 1 is 1.00 bits per heavy atom. The summed E-state index contributed by atoms with van der Waals surface area (Å²) in [6, 6.07) is 0. The smallest absolute Gasteiger partial charge is 0.335 e. The van der Waals surface area contributed by atoms with E-state index in [1.54, 1.807) is 0 Å². The van der Waals surface area contributed by atoms with E-state index in [0.717, 1.165) is 39.1 Å². The molecule has 86 valence electrons. The van der Waals surface area contributed by atoms with E-state index in [4.69, 9.17) is 13.6 Å². The van der Waals surface area contributed by atoms with Crippen molar-refractivity contribution in [3.8, 4) is 0 Å². The van der Waals surface area contributed by atoms with Gasteiger partial charge in [0.1, 0.15) is 0 Å². The molecule has 0 radical (unpaired) electrons. The molecule has 4 nitrogen and oxygen atoms in total. The minimum absolute atomic E-state index is 0.740. The molecule has 0 aliphatic rings. The Morgan fingerprint density at radius 3 is 2.14 bits per heavy atom. The topological polar surface area (TPSA) is 39.7 Å². The first kappa shape index (κ1) is 14.1. The van der Waals surface area contributed by atoms with Crippen LogP contribution in [0.15, 0.2) is 0 Å². The van der Waals surface area contributed by atoms with E-state index >= 15 is 0 Å². The highest BCUT2D eigenvalue weighted by Gasteiger charge is 2.10.